The van der Waals surface area contributed by atoms with Gasteiger partial charge in [-0.2, -0.15) is 0 Å². The van der Waals surface area contributed by atoms with Crippen LogP contribution in [0.15, 0.2) is 0 Å². The third-order valence-electron chi connectivity index (χ3n) is 1.34. The summed E-state index contributed by atoms with van der Waals surface area (Å²) in [6, 6.07) is 0. The standard InChI is InChI=1S/C6H12O5S/c1-3-11-4-12(9,10)5(2)6(7)8/h5H,3-4H2,1-2H3,(H,7,8). The Hall–Kier alpha value is -0.620. The molecule has 0 saturated carbocycles. The fraction of sp³-hybridized carbons (Fsp3) is 0.833. The summed E-state index contributed by atoms with van der Waals surface area (Å²) < 4.78 is 26.7. The number of carboxylic acids is 1. The van der Waals surface area contributed by atoms with Gasteiger partial charge in [0.05, 0.1) is 0 Å². The van der Waals surface area contributed by atoms with E-state index in [1.165, 1.54) is 0 Å². The van der Waals surface area contributed by atoms with Gasteiger partial charge in [-0.1, -0.05) is 0 Å². The molecule has 0 heterocycles. The predicted octanol–water partition coefficient (Wildman–Crippen LogP) is -0.132. The van der Waals surface area contributed by atoms with Crippen LogP contribution in [-0.4, -0.2) is 37.3 Å². The summed E-state index contributed by atoms with van der Waals surface area (Å²) in [6.07, 6.45) is 0. The predicted molar refractivity (Wildman–Crippen MR) is 42.5 cm³/mol. The molecule has 0 aromatic carbocycles. The second-order valence-corrected chi connectivity index (χ2v) is 4.52. The number of sulfone groups is 1. The van der Waals surface area contributed by atoms with Crippen LogP contribution in [0.5, 0.6) is 0 Å². The van der Waals surface area contributed by atoms with E-state index in [-0.39, 0.29) is 6.61 Å². The molecule has 0 saturated heterocycles. The maximum atomic E-state index is 11.0. The van der Waals surface area contributed by atoms with E-state index in [1.807, 2.05) is 0 Å². The molecule has 0 rings (SSSR count). The van der Waals surface area contributed by atoms with Crippen LogP contribution < -0.4 is 0 Å². The number of aliphatic carboxylic acids is 1. The fourth-order valence-corrected chi connectivity index (χ4v) is 1.37. The van der Waals surface area contributed by atoms with Gasteiger partial charge in [-0.05, 0) is 13.8 Å². The first-order valence-corrected chi connectivity index (χ1v) is 5.15. The zero-order valence-electron chi connectivity index (χ0n) is 6.98. The molecule has 0 spiro atoms. The Morgan fingerprint density at radius 1 is 1.58 bits per heavy atom. The summed E-state index contributed by atoms with van der Waals surface area (Å²) in [5, 5.41) is 6.98. The van der Waals surface area contributed by atoms with Gasteiger partial charge in [-0.25, -0.2) is 8.42 Å². The van der Waals surface area contributed by atoms with Crippen LogP contribution >= 0.6 is 0 Å². The highest BCUT2D eigenvalue weighted by molar-refractivity contribution is 7.92. The van der Waals surface area contributed by atoms with Gasteiger partial charge in [0.15, 0.2) is 15.1 Å². The van der Waals surface area contributed by atoms with E-state index >= 15 is 0 Å². The molecule has 0 aliphatic carbocycles. The molecule has 0 fully saturated rings. The van der Waals surface area contributed by atoms with Crippen LogP contribution in [0.1, 0.15) is 13.8 Å². The zero-order valence-corrected chi connectivity index (χ0v) is 7.80. The quantitative estimate of drug-likeness (QED) is 0.662. The average molecular weight is 196 g/mol. The maximum absolute atomic E-state index is 11.0. The lowest BCUT2D eigenvalue weighted by atomic mass is 10.5. The minimum absolute atomic E-state index is 0.256. The van der Waals surface area contributed by atoms with E-state index in [4.69, 9.17) is 5.11 Å². The van der Waals surface area contributed by atoms with Crippen LogP contribution in [0.25, 0.3) is 0 Å². The molecule has 0 bridgehead atoms. The van der Waals surface area contributed by atoms with Crippen LogP contribution in [0, 0.1) is 0 Å². The summed E-state index contributed by atoms with van der Waals surface area (Å²) >= 11 is 0. The van der Waals surface area contributed by atoms with E-state index in [0.29, 0.717) is 0 Å². The minimum atomic E-state index is -3.64. The Morgan fingerprint density at radius 3 is 2.42 bits per heavy atom. The molecule has 0 amide bonds. The number of carboxylic acid groups (broad SMARTS) is 1. The number of rotatable bonds is 5. The van der Waals surface area contributed by atoms with Crippen LogP contribution in [-0.2, 0) is 19.4 Å². The van der Waals surface area contributed by atoms with Gasteiger partial charge >= 0.3 is 5.97 Å². The van der Waals surface area contributed by atoms with E-state index < -0.39 is 27.0 Å². The molecule has 0 aromatic rings. The summed E-state index contributed by atoms with van der Waals surface area (Å²) in [7, 11) is -3.64. The molecular formula is C6H12O5S. The SMILES string of the molecule is CCOCS(=O)(=O)C(C)C(=O)O. The second-order valence-electron chi connectivity index (χ2n) is 2.25. The second kappa shape index (κ2) is 4.42. The average Bonchev–Trinajstić information content (AvgIpc) is 1.99. The molecule has 0 radical (unpaired) electrons. The first-order chi connectivity index (χ1) is 5.41. The molecule has 1 atom stereocenters. The highest BCUT2D eigenvalue weighted by atomic mass is 32.2. The van der Waals surface area contributed by atoms with Crippen molar-refractivity contribution in [2.45, 2.75) is 19.1 Å². The maximum Gasteiger partial charge on any atom is 0.321 e. The first kappa shape index (κ1) is 11.4. The van der Waals surface area contributed by atoms with Crippen molar-refractivity contribution in [1.82, 2.24) is 0 Å². The summed E-state index contributed by atoms with van der Waals surface area (Å²) in [5.74, 6) is -1.88. The Bertz CT molecular complexity index is 243. The van der Waals surface area contributed by atoms with Gasteiger partial charge in [0, 0.05) is 6.61 Å². The van der Waals surface area contributed by atoms with Gasteiger partial charge in [0.25, 0.3) is 0 Å². The van der Waals surface area contributed by atoms with Gasteiger partial charge < -0.3 is 9.84 Å². The molecule has 6 heteroatoms. The van der Waals surface area contributed by atoms with E-state index in [0.717, 1.165) is 6.92 Å². The lowest BCUT2D eigenvalue weighted by Crippen LogP contribution is -2.29. The Kier molecular flexibility index (Phi) is 4.19. The Balaban J connectivity index is 4.31. The van der Waals surface area contributed by atoms with Crippen LogP contribution in [0.2, 0.25) is 0 Å². The lowest BCUT2D eigenvalue weighted by molar-refractivity contribution is -0.136. The van der Waals surface area contributed by atoms with Crippen molar-refractivity contribution >= 4 is 15.8 Å². The van der Waals surface area contributed by atoms with Crippen molar-refractivity contribution in [2.24, 2.45) is 0 Å². The van der Waals surface area contributed by atoms with Crippen LogP contribution in [0.4, 0.5) is 0 Å². The van der Waals surface area contributed by atoms with Gasteiger partial charge in [0.1, 0.15) is 5.94 Å². The summed E-state index contributed by atoms with van der Waals surface area (Å²) in [5.41, 5.74) is 0. The fourth-order valence-electron chi connectivity index (χ4n) is 0.455. The molecule has 0 aliphatic rings. The van der Waals surface area contributed by atoms with Crippen molar-refractivity contribution < 1.29 is 23.1 Å². The van der Waals surface area contributed by atoms with Crippen molar-refractivity contribution in [3.05, 3.63) is 0 Å². The molecule has 1 unspecified atom stereocenters. The van der Waals surface area contributed by atoms with E-state index in [9.17, 15) is 13.2 Å². The third-order valence-corrected chi connectivity index (χ3v) is 3.11. The Morgan fingerprint density at radius 2 is 2.08 bits per heavy atom. The largest absolute Gasteiger partial charge is 0.480 e. The van der Waals surface area contributed by atoms with Crippen LogP contribution in [0.3, 0.4) is 0 Å². The molecule has 0 aliphatic heterocycles. The smallest absolute Gasteiger partial charge is 0.321 e. The van der Waals surface area contributed by atoms with Crippen molar-refractivity contribution in [3.63, 3.8) is 0 Å². The van der Waals surface area contributed by atoms with Crippen molar-refractivity contribution in [3.8, 4) is 0 Å². The summed E-state index contributed by atoms with van der Waals surface area (Å²) in [4.78, 5) is 10.3. The van der Waals surface area contributed by atoms with Gasteiger partial charge in [0.2, 0.25) is 0 Å². The first-order valence-electron chi connectivity index (χ1n) is 3.44. The molecule has 1 N–H and O–H groups in total. The molecule has 5 nitrogen and oxygen atoms in total. The lowest BCUT2D eigenvalue weighted by Gasteiger charge is -2.07. The van der Waals surface area contributed by atoms with Crippen molar-refractivity contribution in [2.75, 3.05) is 12.5 Å². The van der Waals surface area contributed by atoms with Gasteiger partial charge in [-0.3, -0.25) is 4.79 Å². The monoisotopic (exact) mass is 196 g/mol. The Labute approximate surface area is 71.3 Å². The van der Waals surface area contributed by atoms with E-state index in [1.54, 1.807) is 6.92 Å². The van der Waals surface area contributed by atoms with Gasteiger partial charge in [-0.15, -0.1) is 0 Å². The molecular weight excluding hydrogens is 184 g/mol. The third kappa shape index (κ3) is 3.19. The number of carbonyl (C=O) groups is 1. The molecule has 72 valence electrons. The highest BCUT2D eigenvalue weighted by Crippen LogP contribution is 2.02. The topological polar surface area (TPSA) is 80.7 Å². The van der Waals surface area contributed by atoms with E-state index in [2.05, 4.69) is 4.74 Å². The normalized spacial score (nSPS) is 14.2. The minimum Gasteiger partial charge on any atom is -0.480 e. The van der Waals surface area contributed by atoms with Crippen molar-refractivity contribution in [1.29, 1.82) is 0 Å². The zero-order chi connectivity index (χ0) is 9.78. The number of hydrogen-bond donors (Lipinski definition) is 1. The molecule has 0 aromatic heterocycles. The number of ether oxygens (including phenoxy) is 1. The summed E-state index contributed by atoms with van der Waals surface area (Å²) in [6.45, 7) is 3.02. The highest BCUT2D eigenvalue weighted by Gasteiger charge is 2.27. The number of hydrogen-bond acceptors (Lipinski definition) is 4. The molecule has 12 heavy (non-hydrogen) atoms.